The highest BCUT2D eigenvalue weighted by atomic mass is 79.9. The van der Waals surface area contributed by atoms with Crippen molar-refractivity contribution in [1.29, 1.82) is 0 Å². The molecule has 0 aromatic heterocycles. The average molecular weight is 291 g/mol. The Morgan fingerprint density at radius 1 is 1.31 bits per heavy atom. The molecule has 0 fully saturated rings. The molecule has 0 aliphatic heterocycles. The number of alkyl halides is 1. The van der Waals surface area contributed by atoms with E-state index in [0.29, 0.717) is 12.0 Å². The molecule has 3 heteroatoms. The van der Waals surface area contributed by atoms with Crippen molar-refractivity contribution in [1.82, 2.24) is 0 Å². The summed E-state index contributed by atoms with van der Waals surface area (Å²) in [6.45, 7) is 6.37. The van der Waals surface area contributed by atoms with E-state index in [-0.39, 0.29) is 10.2 Å². The summed E-state index contributed by atoms with van der Waals surface area (Å²) in [4.78, 5) is 0.185. The highest BCUT2D eigenvalue weighted by Gasteiger charge is 2.26. The summed E-state index contributed by atoms with van der Waals surface area (Å²) in [5.41, 5.74) is 0.658. The van der Waals surface area contributed by atoms with E-state index in [2.05, 4.69) is 36.7 Å². The van der Waals surface area contributed by atoms with E-state index in [1.807, 2.05) is 0 Å². The monoisotopic (exact) mass is 290 g/mol. The summed E-state index contributed by atoms with van der Waals surface area (Å²) in [5, 5.41) is 0. The highest BCUT2D eigenvalue weighted by molar-refractivity contribution is 9.09. The van der Waals surface area contributed by atoms with Crippen LogP contribution in [0.1, 0.15) is 32.8 Å². The molecule has 1 aromatic rings. The maximum absolute atomic E-state index is 13.4. The molecule has 0 amide bonds. The third-order valence-corrected chi connectivity index (χ3v) is 4.74. The molecule has 1 unspecified atom stereocenters. The van der Waals surface area contributed by atoms with Gasteiger partial charge in [0.15, 0.2) is 0 Å². The largest absolute Gasteiger partial charge is 0.207 e. The first-order chi connectivity index (χ1) is 7.36. The van der Waals surface area contributed by atoms with Crippen LogP contribution >= 0.6 is 15.9 Å². The van der Waals surface area contributed by atoms with Gasteiger partial charge >= 0.3 is 0 Å². The number of rotatable bonds is 4. The minimum Gasteiger partial charge on any atom is -0.207 e. The predicted molar refractivity (Wildman–Crippen MR) is 66.8 cm³/mol. The Bertz CT molecular complexity index is 361. The molecule has 0 bridgehead atoms. The summed E-state index contributed by atoms with van der Waals surface area (Å²) in [6, 6.07) is 3.76. The van der Waals surface area contributed by atoms with Gasteiger partial charge in [0.05, 0.1) is 0 Å². The molecule has 0 heterocycles. The van der Waals surface area contributed by atoms with Gasteiger partial charge in [-0.05, 0) is 29.9 Å². The standard InChI is InChI=1S/C13H17BrF2/c1-4-13(2,3)12(14)7-9-5-6-10(15)8-11(9)16/h5-6,8,12H,4,7H2,1-3H3. The molecule has 0 saturated heterocycles. The molecule has 0 radical (unpaired) electrons. The lowest BCUT2D eigenvalue weighted by atomic mass is 9.83. The minimum atomic E-state index is -0.526. The molecular weight excluding hydrogens is 274 g/mol. The fourth-order valence-corrected chi connectivity index (χ4v) is 2.05. The minimum absolute atomic E-state index is 0.0980. The first kappa shape index (κ1) is 13.6. The molecule has 0 spiro atoms. The lowest BCUT2D eigenvalue weighted by Crippen LogP contribution is -2.25. The van der Waals surface area contributed by atoms with Crippen molar-refractivity contribution in [3.63, 3.8) is 0 Å². The predicted octanol–water partition coefficient (Wildman–Crippen LogP) is 4.71. The molecular formula is C13H17BrF2. The van der Waals surface area contributed by atoms with Crippen LogP contribution in [0.2, 0.25) is 0 Å². The Hall–Kier alpha value is -0.440. The van der Waals surface area contributed by atoms with Crippen LogP contribution in [0.5, 0.6) is 0 Å². The van der Waals surface area contributed by atoms with Gasteiger partial charge < -0.3 is 0 Å². The van der Waals surface area contributed by atoms with Crippen molar-refractivity contribution < 1.29 is 8.78 Å². The molecule has 0 saturated carbocycles. The van der Waals surface area contributed by atoms with Crippen molar-refractivity contribution in [2.75, 3.05) is 0 Å². The van der Waals surface area contributed by atoms with Crippen molar-refractivity contribution in [3.8, 4) is 0 Å². The highest BCUT2D eigenvalue weighted by Crippen LogP contribution is 2.33. The molecule has 90 valence electrons. The van der Waals surface area contributed by atoms with Gasteiger partial charge in [-0.25, -0.2) is 8.78 Å². The van der Waals surface area contributed by atoms with Gasteiger partial charge in [0.25, 0.3) is 0 Å². The Kier molecular flexibility index (Phi) is 4.48. The second-order valence-corrected chi connectivity index (χ2v) is 5.85. The van der Waals surface area contributed by atoms with E-state index in [1.165, 1.54) is 12.1 Å². The van der Waals surface area contributed by atoms with Gasteiger partial charge in [-0.1, -0.05) is 42.8 Å². The van der Waals surface area contributed by atoms with Crippen LogP contribution in [0.4, 0.5) is 8.78 Å². The molecule has 1 rings (SSSR count). The van der Waals surface area contributed by atoms with E-state index in [4.69, 9.17) is 0 Å². The van der Waals surface area contributed by atoms with Crippen molar-refractivity contribution in [2.24, 2.45) is 5.41 Å². The van der Waals surface area contributed by atoms with Crippen molar-refractivity contribution >= 4 is 15.9 Å². The van der Waals surface area contributed by atoms with E-state index >= 15 is 0 Å². The van der Waals surface area contributed by atoms with Gasteiger partial charge in [-0.2, -0.15) is 0 Å². The summed E-state index contributed by atoms with van der Waals surface area (Å²) in [7, 11) is 0. The summed E-state index contributed by atoms with van der Waals surface area (Å²) < 4.78 is 26.2. The zero-order valence-corrected chi connectivity index (χ0v) is 11.4. The fraction of sp³-hybridized carbons (Fsp3) is 0.538. The maximum atomic E-state index is 13.4. The van der Waals surface area contributed by atoms with Crippen LogP contribution in [0.15, 0.2) is 18.2 Å². The number of hydrogen-bond acceptors (Lipinski definition) is 0. The zero-order chi connectivity index (χ0) is 12.3. The van der Waals surface area contributed by atoms with E-state index in [1.54, 1.807) is 0 Å². The molecule has 16 heavy (non-hydrogen) atoms. The van der Waals surface area contributed by atoms with Crippen molar-refractivity contribution in [3.05, 3.63) is 35.4 Å². The van der Waals surface area contributed by atoms with Crippen LogP contribution in [-0.4, -0.2) is 4.83 Å². The number of hydrogen-bond donors (Lipinski definition) is 0. The molecule has 0 nitrogen and oxygen atoms in total. The first-order valence-corrected chi connectivity index (χ1v) is 6.36. The number of halogens is 3. The van der Waals surface area contributed by atoms with Crippen LogP contribution in [0, 0.1) is 17.0 Å². The summed E-state index contributed by atoms with van der Waals surface area (Å²) >= 11 is 3.59. The molecule has 0 N–H and O–H groups in total. The molecule has 1 atom stereocenters. The molecule has 0 aliphatic carbocycles. The van der Waals surface area contributed by atoms with Gasteiger partial charge in [-0.3, -0.25) is 0 Å². The smallest absolute Gasteiger partial charge is 0.129 e. The lowest BCUT2D eigenvalue weighted by Gasteiger charge is -2.29. The molecule has 0 aliphatic rings. The normalized spacial score (nSPS) is 13.9. The quantitative estimate of drug-likeness (QED) is 0.705. The first-order valence-electron chi connectivity index (χ1n) is 5.45. The van der Waals surface area contributed by atoms with Crippen molar-refractivity contribution in [2.45, 2.75) is 38.4 Å². The Balaban J connectivity index is 2.81. The van der Waals surface area contributed by atoms with Crippen LogP contribution in [0.25, 0.3) is 0 Å². The maximum Gasteiger partial charge on any atom is 0.129 e. The second-order valence-electron chi connectivity index (χ2n) is 4.75. The Morgan fingerprint density at radius 2 is 1.94 bits per heavy atom. The summed E-state index contributed by atoms with van der Waals surface area (Å²) in [6.07, 6.45) is 1.58. The summed E-state index contributed by atoms with van der Waals surface area (Å²) in [5.74, 6) is -0.988. The topological polar surface area (TPSA) is 0 Å². The fourth-order valence-electron chi connectivity index (χ4n) is 1.38. The Labute approximate surface area is 104 Å². The third kappa shape index (κ3) is 3.27. The van der Waals surface area contributed by atoms with Crippen LogP contribution in [-0.2, 0) is 6.42 Å². The third-order valence-electron chi connectivity index (χ3n) is 3.17. The van der Waals surface area contributed by atoms with Crippen LogP contribution < -0.4 is 0 Å². The average Bonchev–Trinajstić information content (AvgIpc) is 2.22. The van der Waals surface area contributed by atoms with Gasteiger partial charge in [0.2, 0.25) is 0 Å². The number of benzene rings is 1. The van der Waals surface area contributed by atoms with E-state index in [9.17, 15) is 8.78 Å². The van der Waals surface area contributed by atoms with Gasteiger partial charge in [0, 0.05) is 10.9 Å². The zero-order valence-electron chi connectivity index (χ0n) is 9.86. The Morgan fingerprint density at radius 3 is 2.44 bits per heavy atom. The second kappa shape index (κ2) is 5.26. The van der Waals surface area contributed by atoms with E-state index in [0.717, 1.165) is 12.5 Å². The van der Waals surface area contributed by atoms with E-state index < -0.39 is 11.6 Å². The lowest BCUT2D eigenvalue weighted by molar-refractivity contribution is 0.338. The van der Waals surface area contributed by atoms with Gasteiger partial charge in [0.1, 0.15) is 11.6 Å². The van der Waals surface area contributed by atoms with Crippen LogP contribution in [0.3, 0.4) is 0 Å². The molecule has 1 aromatic carbocycles. The van der Waals surface area contributed by atoms with Gasteiger partial charge in [-0.15, -0.1) is 0 Å². The SMILES string of the molecule is CCC(C)(C)C(Br)Cc1ccc(F)cc1F.